The third kappa shape index (κ3) is 2.71. The van der Waals surface area contributed by atoms with E-state index in [1.54, 1.807) is 25.3 Å². The molecule has 4 heteroatoms. The molecule has 1 aromatic carbocycles. The average Bonchev–Trinajstić information content (AvgIpc) is 2.48. The maximum atomic E-state index is 9.80. The quantitative estimate of drug-likeness (QED) is 0.793. The fraction of sp³-hybridized carbons (Fsp3) is 0.176. The molecule has 0 spiro atoms. The van der Waals surface area contributed by atoms with Crippen LogP contribution in [0.3, 0.4) is 0 Å². The van der Waals surface area contributed by atoms with E-state index in [1.807, 2.05) is 37.3 Å². The Morgan fingerprint density at radius 3 is 2.76 bits per heavy atom. The molecule has 0 aliphatic heterocycles. The zero-order valence-electron chi connectivity index (χ0n) is 11.9. The monoisotopic (exact) mass is 280 g/mol. The Hall–Kier alpha value is -2.46. The topological polar surface area (TPSA) is 55.2 Å². The van der Waals surface area contributed by atoms with E-state index in [1.165, 1.54) is 0 Å². The number of aliphatic hydroxyl groups excluding tert-OH is 1. The molecule has 0 aliphatic rings. The molecule has 3 rings (SSSR count). The molecule has 0 bridgehead atoms. The van der Waals surface area contributed by atoms with Crippen LogP contribution >= 0.6 is 0 Å². The van der Waals surface area contributed by atoms with Gasteiger partial charge in [0.05, 0.1) is 6.10 Å². The number of benzene rings is 1. The largest absolute Gasteiger partial charge is 0.436 e. The fourth-order valence-corrected chi connectivity index (χ4v) is 2.21. The minimum atomic E-state index is -0.640. The van der Waals surface area contributed by atoms with Crippen LogP contribution in [0.5, 0.6) is 11.6 Å². The highest BCUT2D eigenvalue weighted by molar-refractivity contribution is 5.84. The number of rotatable bonds is 3. The second kappa shape index (κ2) is 5.50. The van der Waals surface area contributed by atoms with Gasteiger partial charge < -0.3 is 9.84 Å². The Labute approximate surface area is 123 Å². The molecule has 106 valence electrons. The van der Waals surface area contributed by atoms with E-state index in [-0.39, 0.29) is 0 Å². The SMILES string of the molecule is Cc1ccc2cccc(Oc3ncccc3[C@H](C)O)c2n1. The minimum Gasteiger partial charge on any atom is -0.436 e. The third-order valence-electron chi connectivity index (χ3n) is 3.28. The molecule has 0 unspecified atom stereocenters. The van der Waals surface area contributed by atoms with Gasteiger partial charge in [-0.05, 0) is 38.1 Å². The first kappa shape index (κ1) is 13.5. The Balaban J connectivity index is 2.08. The number of nitrogens with zero attached hydrogens (tertiary/aromatic N) is 2. The number of hydrogen-bond acceptors (Lipinski definition) is 4. The van der Waals surface area contributed by atoms with E-state index >= 15 is 0 Å². The van der Waals surface area contributed by atoms with Crippen molar-refractivity contribution in [2.24, 2.45) is 0 Å². The summed E-state index contributed by atoms with van der Waals surface area (Å²) in [7, 11) is 0. The lowest BCUT2D eigenvalue weighted by Gasteiger charge is -2.12. The molecule has 3 aromatic rings. The smallest absolute Gasteiger partial charge is 0.225 e. The number of fused-ring (bicyclic) bond motifs is 1. The molecule has 0 aliphatic carbocycles. The van der Waals surface area contributed by atoms with Crippen molar-refractivity contribution in [1.82, 2.24) is 9.97 Å². The molecule has 2 aromatic heterocycles. The van der Waals surface area contributed by atoms with Crippen LogP contribution in [0.15, 0.2) is 48.7 Å². The van der Waals surface area contributed by atoms with E-state index in [0.29, 0.717) is 17.2 Å². The molecule has 2 heterocycles. The number of pyridine rings is 2. The van der Waals surface area contributed by atoms with E-state index < -0.39 is 6.10 Å². The highest BCUT2D eigenvalue weighted by atomic mass is 16.5. The van der Waals surface area contributed by atoms with Gasteiger partial charge in [-0.3, -0.25) is 0 Å². The van der Waals surface area contributed by atoms with Gasteiger partial charge in [0.2, 0.25) is 5.88 Å². The zero-order valence-corrected chi connectivity index (χ0v) is 11.9. The van der Waals surface area contributed by atoms with Gasteiger partial charge in [-0.15, -0.1) is 0 Å². The summed E-state index contributed by atoms with van der Waals surface area (Å²) in [6.45, 7) is 3.63. The highest BCUT2D eigenvalue weighted by Gasteiger charge is 2.12. The number of ether oxygens (including phenoxy) is 1. The van der Waals surface area contributed by atoms with Crippen LogP contribution in [0.2, 0.25) is 0 Å². The Bertz CT molecular complexity index is 785. The maximum Gasteiger partial charge on any atom is 0.225 e. The third-order valence-corrected chi connectivity index (χ3v) is 3.28. The Morgan fingerprint density at radius 2 is 1.95 bits per heavy atom. The summed E-state index contributed by atoms with van der Waals surface area (Å²) in [5.41, 5.74) is 2.37. The highest BCUT2D eigenvalue weighted by Crippen LogP contribution is 2.31. The van der Waals surface area contributed by atoms with Crippen molar-refractivity contribution in [3.05, 3.63) is 59.9 Å². The molecule has 1 N–H and O–H groups in total. The lowest BCUT2D eigenvalue weighted by atomic mass is 10.1. The van der Waals surface area contributed by atoms with Crippen molar-refractivity contribution in [3.8, 4) is 11.6 Å². The van der Waals surface area contributed by atoms with Crippen LogP contribution in [-0.4, -0.2) is 15.1 Å². The fourth-order valence-electron chi connectivity index (χ4n) is 2.21. The average molecular weight is 280 g/mol. The molecule has 0 fully saturated rings. The summed E-state index contributed by atoms with van der Waals surface area (Å²) < 4.78 is 5.91. The van der Waals surface area contributed by atoms with Gasteiger partial charge >= 0.3 is 0 Å². The lowest BCUT2D eigenvalue weighted by Crippen LogP contribution is -1.99. The number of aliphatic hydroxyl groups is 1. The second-order valence-corrected chi connectivity index (χ2v) is 4.96. The van der Waals surface area contributed by atoms with Crippen molar-refractivity contribution < 1.29 is 9.84 Å². The van der Waals surface area contributed by atoms with E-state index in [0.717, 1.165) is 16.6 Å². The van der Waals surface area contributed by atoms with Crippen molar-refractivity contribution in [1.29, 1.82) is 0 Å². The van der Waals surface area contributed by atoms with Crippen molar-refractivity contribution >= 4 is 10.9 Å². The summed E-state index contributed by atoms with van der Waals surface area (Å²) in [4.78, 5) is 8.75. The van der Waals surface area contributed by atoms with Crippen molar-refractivity contribution in [3.63, 3.8) is 0 Å². The number of aryl methyl sites for hydroxylation is 1. The molecule has 0 amide bonds. The first-order valence-corrected chi connectivity index (χ1v) is 6.82. The lowest BCUT2D eigenvalue weighted by molar-refractivity contribution is 0.194. The van der Waals surface area contributed by atoms with E-state index in [4.69, 9.17) is 4.74 Å². The second-order valence-electron chi connectivity index (χ2n) is 4.96. The summed E-state index contributed by atoms with van der Waals surface area (Å²) in [6, 6.07) is 13.3. The van der Waals surface area contributed by atoms with E-state index in [9.17, 15) is 5.11 Å². The number of para-hydroxylation sites is 1. The normalized spacial score (nSPS) is 12.3. The van der Waals surface area contributed by atoms with Crippen LogP contribution in [0.25, 0.3) is 10.9 Å². The molecule has 21 heavy (non-hydrogen) atoms. The molecule has 4 nitrogen and oxygen atoms in total. The van der Waals surface area contributed by atoms with E-state index in [2.05, 4.69) is 9.97 Å². The molecular formula is C17H16N2O2. The van der Waals surface area contributed by atoms with Crippen LogP contribution in [0, 0.1) is 6.92 Å². The number of aromatic nitrogens is 2. The van der Waals surface area contributed by atoms with Gasteiger partial charge in [-0.1, -0.05) is 18.2 Å². The van der Waals surface area contributed by atoms with Gasteiger partial charge in [-0.2, -0.15) is 0 Å². The molecule has 0 radical (unpaired) electrons. The van der Waals surface area contributed by atoms with Crippen LogP contribution in [0.4, 0.5) is 0 Å². The van der Waals surface area contributed by atoms with Crippen molar-refractivity contribution in [2.75, 3.05) is 0 Å². The van der Waals surface area contributed by atoms with Crippen LogP contribution in [0.1, 0.15) is 24.3 Å². The van der Waals surface area contributed by atoms with Crippen molar-refractivity contribution in [2.45, 2.75) is 20.0 Å². The number of hydrogen-bond donors (Lipinski definition) is 1. The molecule has 1 atom stereocenters. The Morgan fingerprint density at radius 1 is 1.10 bits per heavy atom. The van der Waals surface area contributed by atoms with Gasteiger partial charge in [0.15, 0.2) is 5.75 Å². The van der Waals surface area contributed by atoms with Crippen LogP contribution < -0.4 is 4.74 Å². The predicted molar refractivity (Wildman–Crippen MR) is 81.4 cm³/mol. The maximum absolute atomic E-state index is 9.80. The molecule has 0 saturated carbocycles. The summed E-state index contributed by atoms with van der Waals surface area (Å²) >= 11 is 0. The first-order valence-electron chi connectivity index (χ1n) is 6.82. The van der Waals surface area contributed by atoms with Crippen LogP contribution in [-0.2, 0) is 0 Å². The summed E-state index contributed by atoms with van der Waals surface area (Å²) in [5.74, 6) is 1.04. The van der Waals surface area contributed by atoms with Gasteiger partial charge in [0, 0.05) is 22.8 Å². The van der Waals surface area contributed by atoms with Gasteiger partial charge in [0.1, 0.15) is 5.52 Å². The zero-order chi connectivity index (χ0) is 14.8. The Kier molecular flexibility index (Phi) is 3.54. The van der Waals surface area contributed by atoms with Gasteiger partial charge in [-0.25, -0.2) is 9.97 Å². The minimum absolute atomic E-state index is 0.406. The summed E-state index contributed by atoms with van der Waals surface area (Å²) in [5, 5.41) is 10.8. The summed E-state index contributed by atoms with van der Waals surface area (Å²) in [6.07, 6.45) is 1.00. The molecule has 0 saturated heterocycles. The molecular weight excluding hydrogens is 264 g/mol. The van der Waals surface area contributed by atoms with Gasteiger partial charge in [0.25, 0.3) is 0 Å². The standard InChI is InChI=1S/C17H16N2O2/c1-11-8-9-13-5-3-7-15(16(13)19-11)21-17-14(12(2)20)6-4-10-18-17/h3-10,12,20H,1-2H3/t12-/m0/s1. The first-order chi connectivity index (χ1) is 10.1. The predicted octanol–water partition coefficient (Wildman–Crippen LogP) is 3.78.